The number of hydrogen-bond donors (Lipinski definition) is 2. The first-order valence-corrected chi connectivity index (χ1v) is 13.4. The summed E-state index contributed by atoms with van der Waals surface area (Å²) in [5.41, 5.74) is -0.654. The second-order valence-electron chi connectivity index (χ2n) is 10.6. The van der Waals surface area contributed by atoms with Crippen LogP contribution in [-0.4, -0.2) is 41.2 Å². The fraction of sp³-hybridized carbons (Fsp3) is 0.920. The zero-order valence-corrected chi connectivity index (χ0v) is 21.8. The van der Waals surface area contributed by atoms with Crippen LogP contribution in [0.25, 0.3) is 0 Å². The number of carbonyl (C=O) groups is 2. The van der Waals surface area contributed by atoms with Gasteiger partial charge in [0.25, 0.3) is 0 Å². The zero-order valence-electron chi connectivity index (χ0n) is 21.0. The molecule has 0 unspecified atom stereocenters. The van der Waals surface area contributed by atoms with Crippen molar-refractivity contribution >= 4 is 23.8 Å². The molecule has 1 aliphatic rings. The molecule has 0 aliphatic heterocycles. The minimum Gasteiger partial charge on any atom is -0.444 e. The third-order valence-corrected chi connectivity index (χ3v) is 7.71. The van der Waals surface area contributed by atoms with Crippen LogP contribution in [0.1, 0.15) is 112 Å². The summed E-state index contributed by atoms with van der Waals surface area (Å²) in [7, 11) is 0. The average Bonchev–Trinajstić information content (AvgIpc) is 2.66. The predicted octanol–water partition coefficient (Wildman–Crippen LogP) is 6.45. The van der Waals surface area contributed by atoms with Crippen LogP contribution in [-0.2, 0) is 9.53 Å². The van der Waals surface area contributed by atoms with Gasteiger partial charge in [-0.15, -0.1) is 0 Å². The highest BCUT2D eigenvalue weighted by atomic mass is 32.2. The van der Waals surface area contributed by atoms with Crippen LogP contribution in [0.15, 0.2) is 0 Å². The Morgan fingerprint density at radius 3 is 2.13 bits per heavy atom. The van der Waals surface area contributed by atoms with Crippen LogP contribution >= 0.6 is 11.8 Å². The van der Waals surface area contributed by atoms with E-state index >= 15 is 0 Å². The second-order valence-corrected chi connectivity index (χ2v) is 12.3. The van der Waals surface area contributed by atoms with E-state index in [1.54, 1.807) is 0 Å². The van der Waals surface area contributed by atoms with Crippen molar-refractivity contribution in [2.24, 2.45) is 5.41 Å². The van der Waals surface area contributed by atoms with E-state index in [0.717, 1.165) is 44.4 Å². The first-order chi connectivity index (χ1) is 14.5. The molecular formula is C25H48N2O3S. The lowest BCUT2D eigenvalue weighted by Gasteiger charge is -2.37. The van der Waals surface area contributed by atoms with Gasteiger partial charge in [-0.25, -0.2) is 4.79 Å². The van der Waals surface area contributed by atoms with E-state index in [2.05, 4.69) is 43.2 Å². The number of hydrogen-bond acceptors (Lipinski definition) is 4. The van der Waals surface area contributed by atoms with Crippen molar-refractivity contribution < 1.29 is 14.3 Å². The van der Waals surface area contributed by atoms with Gasteiger partial charge in [0.1, 0.15) is 5.60 Å². The maximum Gasteiger partial charge on any atom is 0.407 e. The highest BCUT2D eigenvalue weighted by Gasteiger charge is 2.35. The molecule has 6 heteroatoms. The molecule has 0 spiro atoms. The van der Waals surface area contributed by atoms with Crippen LogP contribution < -0.4 is 10.6 Å². The van der Waals surface area contributed by atoms with E-state index in [-0.39, 0.29) is 11.3 Å². The number of rotatable bonds is 13. The van der Waals surface area contributed by atoms with E-state index in [1.165, 1.54) is 32.1 Å². The lowest BCUT2D eigenvalue weighted by Crippen LogP contribution is -2.44. The van der Waals surface area contributed by atoms with Crippen LogP contribution in [0.3, 0.4) is 0 Å². The smallest absolute Gasteiger partial charge is 0.407 e. The van der Waals surface area contributed by atoms with Crippen molar-refractivity contribution in [2.75, 3.05) is 18.8 Å². The zero-order chi connectivity index (χ0) is 23.4. The summed E-state index contributed by atoms with van der Waals surface area (Å²) in [6.45, 7) is 13.7. The monoisotopic (exact) mass is 456 g/mol. The molecule has 0 aromatic heterocycles. The maximum absolute atomic E-state index is 12.7. The van der Waals surface area contributed by atoms with Crippen molar-refractivity contribution in [3.63, 3.8) is 0 Å². The van der Waals surface area contributed by atoms with Crippen LogP contribution in [0.5, 0.6) is 0 Å². The molecule has 182 valence electrons. The summed E-state index contributed by atoms with van der Waals surface area (Å²) < 4.78 is 5.75. The Kier molecular flexibility index (Phi) is 12.3. The number of alkyl carbamates (subject to hydrolysis) is 1. The molecule has 0 radical (unpaired) electrons. The minimum absolute atomic E-state index is 0.114. The van der Waals surface area contributed by atoms with E-state index in [9.17, 15) is 9.59 Å². The molecule has 1 fully saturated rings. The molecular weight excluding hydrogens is 408 g/mol. The third kappa shape index (κ3) is 12.1. The summed E-state index contributed by atoms with van der Waals surface area (Å²) in [5.74, 6) is 1.20. The topological polar surface area (TPSA) is 67.4 Å². The lowest BCUT2D eigenvalue weighted by molar-refractivity contribution is -0.124. The summed E-state index contributed by atoms with van der Waals surface area (Å²) in [6, 6.07) is 0. The summed E-state index contributed by atoms with van der Waals surface area (Å²) >= 11 is 2.06. The van der Waals surface area contributed by atoms with E-state index in [0.29, 0.717) is 17.7 Å². The molecule has 31 heavy (non-hydrogen) atoms. The Morgan fingerprint density at radius 1 is 0.968 bits per heavy atom. The first-order valence-electron chi connectivity index (χ1n) is 12.4. The van der Waals surface area contributed by atoms with Crippen molar-refractivity contribution in [1.29, 1.82) is 0 Å². The van der Waals surface area contributed by atoms with Gasteiger partial charge in [0.2, 0.25) is 5.91 Å². The summed E-state index contributed by atoms with van der Waals surface area (Å²) in [6.07, 6.45) is 11.5. The number of amides is 2. The molecule has 5 nitrogen and oxygen atoms in total. The second kappa shape index (κ2) is 13.6. The van der Waals surface area contributed by atoms with Crippen molar-refractivity contribution in [3.8, 4) is 0 Å². The lowest BCUT2D eigenvalue weighted by atomic mass is 9.71. The highest BCUT2D eigenvalue weighted by Crippen LogP contribution is 2.39. The number of carbonyl (C=O) groups excluding carboxylic acids is 2. The van der Waals surface area contributed by atoms with E-state index < -0.39 is 11.7 Å². The van der Waals surface area contributed by atoms with Gasteiger partial charge in [0, 0.05) is 24.3 Å². The molecule has 1 rings (SSSR count). The molecule has 1 saturated carbocycles. The average molecular weight is 457 g/mol. The van der Waals surface area contributed by atoms with E-state index in [4.69, 9.17) is 4.74 Å². The Bertz CT molecular complexity index is 533. The molecule has 0 aromatic carbocycles. The Morgan fingerprint density at radius 2 is 1.58 bits per heavy atom. The van der Waals surface area contributed by atoms with Gasteiger partial charge in [-0.1, -0.05) is 52.9 Å². The minimum atomic E-state index is -0.510. The molecule has 2 N–H and O–H groups in total. The Hall–Kier alpha value is -0.910. The van der Waals surface area contributed by atoms with Gasteiger partial charge in [-0.2, -0.15) is 11.8 Å². The number of ether oxygens (including phenoxy) is 1. The van der Waals surface area contributed by atoms with Crippen molar-refractivity contribution in [1.82, 2.24) is 10.6 Å². The molecule has 0 atom stereocenters. The maximum atomic E-state index is 12.7. The number of thioether (sulfide) groups is 1. The highest BCUT2D eigenvalue weighted by molar-refractivity contribution is 8.00. The van der Waals surface area contributed by atoms with Gasteiger partial charge in [-0.05, 0) is 64.0 Å². The fourth-order valence-electron chi connectivity index (χ4n) is 4.64. The van der Waals surface area contributed by atoms with Crippen molar-refractivity contribution in [2.45, 2.75) is 123 Å². The largest absolute Gasteiger partial charge is 0.444 e. The fourth-order valence-corrected chi connectivity index (χ4v) is 6.12. The predicted molar refractivity (Wildman–Crippen MR) is 133 cm³/mol. The van der Waals surface area contributed by atoms with Gasteiger partial charge >= 0.3 is 6.09 Å². The molecule has 2 amide bonds. The van der Waals surface area contributed by atoms with Crippen LogP contribution in [0.4, 0.5) is 4.79 Å². The Balaban J connectivity index is 2.43. The van der Waals surface area contributed by atoms with Crippen LogP contribution in [0.2, 0.25) is 0 Å². The van der Waals surface area contributed by atoms with Gasteiger partial charge in [-0.3, -0.25) is 4.79 Å². The number of nitrogens with one attached hydrogen (secondary N) is 2. The van der Waals surface area contributed by atoms with Gasteiger partial charge in [0.15, 0.2) is 0 Å². The normalized spacial score (nSPS) is 16.6. The molecule has 0 heterocycles. The first kappa shape index (κ1) is 28.1. The standard InChI is InChI=1S/C25H48N2O3S/c1-7-13-24(6,14-8-2)31-18-12-17-26-21(28)19-25(15-10-9-11-16-25)20-27-22(29)30-23(3,4)5/h7-20H2,1-6H3,(H,26,28)(H,27,29). The molecule has 0 aromatic rings. The Labute approximate surface area is 195 Å². The van der Waals surface area contributed by atoms with E-state index in [1.807, 2.05) is 20.8 Å². The molecule has 0 saturated heterocycles. The summed E-state index contributed by atoms with van der Waals surface area (Å²) in [5, 5.41) is 6.06. The van der Waals surface area contributed by atoms with Crippen molar-refractivity contribution in [3.05, 3.63) is 0 Å². The molecule has 0 bridgehead atoms. The SMILES string of the molecule is CCCC(C)(CCC)SCCCNC(=O)CC1(CNC(=O)OC(C)(C)C)CCCCC1. The van der Waals surface area contributed by atoms with Gasteiger partial charge < -0.3 is 15.4 Å². The molecule has 1 aliphatic carbocycles. The van der Waals surface area contributed by atoms with Crippen LogP contribution in [0, 0.1) is 5.41 Å². The quantitative estimate of drug-likeness (QED) is 0.312. The van der Waals surface area contributed by atoms with Gasteiger partial charge in [0.05, 0.1) is 0 Å². The summed E-state index contributed by atoms with van der Waals surface area (Å²) in [4.78, 5) is 24.8. The third-order valence-electron chi connectivity index (χ3n) is 6.11.